The van der Waals surface area contributed by atoms with Gasteiger partial charge >= 0.3 is 0 Å². The fourth-order valence-electron chi connectivity index (χ4n) is 3.63. The van der Waals surface area contributed by atoms with Crippen LogP contribution in [0, 0.1) is 6.92 Å². The van der Waals surface area contributed by atoms with Gasteiger partial charge in [0.1, 0.15) is 0 Å². The second-order valence-corrected chi connectivity index (χ2v) is 7.27. The van der Waals surface area contributed by atoms with Gasteiger partial charge in [0.2, 0.25) is 5.91 Å². The third kappa shape index (κ3) is 5.99. The Balaban J connectivity index is 1.35. The summed E-state index contributed by atoms with van der Waals surface area (Å²) < 4.78 is 1.84. The number of rotatable bonds is 8. The highest BCUT2D eigenvalue weighted by molar-refractivity contribution is 5.76. The van der Waals surface area contributed by atoms with Crippen LogP contribution >= 0.6 is 0 Å². The second kappa shape index (κ2) is 9.53. The van der Waals surface area contributed by atoms with Crippen molar-refractivity contribution >= 4 is 5.91 Å². The molecule has 0 radical (unpaired) electrons. The molecule has 1 saturated heterocycles. The second-order valence-electron chi connectivity index (χ2n) is 7.27. The molecule has 0 bridgehead atoms. The van der Waals surface area contributed by atoms with Crippen LogP contribution in [0.4, 0.5) is 0 Å². The Kier molecular flexibility index (Phi) is 6.83. The molecular weight excluding hydrogens is 324 g/mol. The highest BCUT2D eigenvalue weighted by Gasteiger charge is 2.20. The number of carbonyl (C=O) groups is 1. The first-order chi connectivity index (χ1) is 12.7. The van der Waals surface area contributed by atoms with Crippen LogP contribution in [0.3, 0.4) is 0 Å². The third-order valence-electron chi connectivity index (χ3n) is 5.00. The van der Waals surface area contributed by atoms with Gasteiger partial charge in [-0.1, -0.05) is 30.3 Å². The van der Waals surface area contributed by atoms with E-state index in [2.05, 4.69) is 45.6 Å². The lowest BCUT2D eigenvalue weighted by atomic mass is 10.0. The Hall–Kier alpha value is -2.14. The molecule has 0 aliphatic carbocycles. The summed E-state index contributed by atoms with van der Waals surface area (Å²) in [6.45, 7) is 5.83. The summed E-state index contributed by atoms with van der Waals surface area (Å²) in [5.74, 6) is 0.134. The molecule has 0 saturated carbocycles. The van der Waals surface area contributed by atoms with Crippen LogP contribution in [-0.4, -0.2) is 46.3 Å². The molecular formula is C21H30N4O. The number of benzene rings is 1. The lowest BCUT2D eigenvalue weighted by molar-refractivity contribution is -0.122. The predicted molar refractivity (Wildman–Crippen MR) is 104 cm³/mol. The van der Waals surface area contributed by atoms with Crippen LogP contribution in [0.25, 0.3) is 0 Å². The first-order valence-electron chi connectivity index (χ1n) is 9.75. The lowest BCUT2D eigenvalue weighted by Gasteiger charge is -2.33. The zero-order chi connectivity index (χ0) is 18.2. The average Bonchev–Trinajstić information content (AvgIpc) is 3.07. The van der Waals surface area contributed by atoms with E-state index >= 15 is 0 Å². The highest BCUT2D eigenvalue weighted by atomic mass is 16.1. The van der Waals surface area contributed by atoms with Gasteiger partial charge in [-0.05, 0) is 57.3 Å². The number of nitrogens with one attached hydrogen (secondary N) is 1. The number of hydrogen-bond acceptors (Lipinski definition) is 3. The Morgan fingerprint density at radius 2 is 2.08 bits per heavy atom. The lowest BCUT2D eigenvalue weighted by Crippen LogP contribution is -2.48. The van der Waals surface area contributed by atoms with Crippen molar-refractivity contribution in [2.45, 2.75) is 51.6 Å². The van der Waals surface area contributed by atoms with Gasteiger partial charge < -0.3 is 10.2 Å². The molecule has 1 aromatic carbocycles. The van der Waals surface area contributed by atoms with E-state index in [9.17, 15) is 4.79 Å². The van der Waals surface area contributed by atoms with Crippen molar-refractivity contribution in [1.82, 2.24) is 20.0 Å². The van der Waals surface area contributed by atoms with Crippen molar-refractivity contribution in [2.75, 3.05) is 19.6 Å². The van der Waals surface area contributed by atoms with Crippen LogP contribution in [0.5, 0.6) is 0 Å². The molecule has 5 heteroatoms. The minimum atomic E-state index is 0.134. The summed E-state index contributed by atoms with van der Waals surface area (Å²) >= 11 is 0. The van der Waals surface area contributed by atoms with Crippen molar-refractivity contribution in [3.63, 3.8) is 0 Å². The molecule has 1 aliphatic rings. The van der Waals surface area contributed by atoms with Crippen molar-refractivity contribution in [3.8, 4) is 0 Å². The van der Waals surface area contributed by atoms with E-state index in [0.29, 0.717) is 13.0 Å². The van der Waals surface area contributed by atoms with Crippen molar-refractivity contribution in [1.29, 1.82) is 0 Å². The van der Waals surface area contributed by atoms with Crippen LogP contribution < -0.4 is 5.32 Å². The van der Waals surface area contributed by atoms with Gasteiger partial charge in [-0.15, -0.1) is 0 Å². The Morgan fingerprint density at radius 1 is 1.23 bits per heavy atom. The molecule has 26 heavy (non-hydrogen) atoms. The zero-order valence-electron chi connectivity index (χ0n) is 15.7. The predicted octanol–water partition coefficient (Wildman–Crippen LogP) is 2.80. The monoisotopic (exact) mass is 354 g/mol. The van der Waals surface area contributed by atoms with E-state index in [1.807, 2.05) is 23.9 Å². The van der Waals surface area contributed by atoms with E-state index in [-0.39, 0.29) is 11.9 Å². The number of piperidine rings is 1. The molecule has 140 valence electrons. The number of amides is 1. The van der Waals surface area contributed by atoms with Gasteiger partial charge in [0, 0.05) is 31.7 Å². The van der Waals surface area contributed by atoms with Gasteiger partial charge in [-0.25, -0.2) is 0 Å². The van der Waals surface area contributed by atoms with E-state index in [0.717, 1.165) is 44.6 Å². The summed E-state index contributed by atoms with van der Waals surface area (Å²) in [5, 5.41) is 7.54. The van der Waals surface area contributed by atoms with Gasteiger partial charge in [-0.3, -0.25) is 9.48 Å². The summed E-state index contributed by atoms with van der Waals surface area (Å²) in [4.78, 5) is 14.7. The topological polar surface area (TPSA) is 50.2 Å². The zero-order valence-corrected chi connectivity index (χ0v) is 15.7. The molecule has 2 aromatic rings. The largest absolute Gasteiger partial charge is 0.352 e. The van der Waals surface area contributed by atoms with Crippen LogP contribution in [-0.2, 0) is 17.8 Å². The first-order valence-corrected chi connectivity index (χ1v) is 9.75. The minimum absolute atomic E-state index is 0.134. The van der Waals surface area contributed by atoms with Gasteiger partial charge in [-0.2, -0.15) is 5.10 Å². The molecule has 1 N–H and O–H groups in total. The van der Waals surface area contributed by atoms with Crippen molar-refractivity contribution in [2.24, 2.45) is 0 Å². The normalized spacial score (nSPS) is 18.0. The van der Waals surface area contributed by atoms with Gasteiger partial charge in [0.05, 0.1) is 5.69 Å². The van der Waals surface area contributed by atoms with E-state index in [1.54, 1.807) is 0 Å². The number of aryl methyl sites for hydroxylation is 3. The number of hydrogen-bond donors (Lipinski definition) is 1. The maximum Gasteiger partial charge on any atom is 0.222 e. The molecule has 2 heterocycles. The molecule has 3 rings (SSSR count). The summed E-state index contributed by atoms with van der Waals surface area (Å²) in [5.41, 5.74) is 2.40. The number of likely N-dealkylation sites (tertiary alicyclic amines) is 1. The third-order valence-corrected chi connectivity index (χ3v) is 5.00. The fourth-order valence-corrected chi connectivity index (χ4v) is 3.63. The summed E-state index contributed by atoms with van der Waals surface area (Å²) in [6.07, 6.45) is 6.96. The maximum absolute atomic E-state index is 12.2. The van der Waals surface area contributed by atoms with Crippen molar-refractivity contribution < 1.29 is 4.79 Å². The van der Waals surface area contributed by atoms with E-state index < -0.39 is 0 Å². The SMILES string of the molecule is Cc1ccn(CCC(=O)N[C@@H]2CCCN(CCCc3ccccc3)C2)n1. The fraction of sp³-hybridized carbons (Fsp3) is 0.524. The smallest absolute Gasteiger partial charge is 0.222 e. The average molecular weight is 354 g/mol. The van der Waals surface area contributed by atoms with Gasteiger partial charge in [0.15, 0.2) is 0 Å². The van der Waals surface area contributed by atoms with Crippen molar-refractivity contribution in [3.05, 3.63) is 53.9 Å². The van der Waals surface area contributed by atoms with E-state index in [1.165, 1.54) is 12.0 Å². The van der Waals surface area contributed by atoms with Crippen LogP contribution in [0.2, 0.25) is 0 Å². The first kappa shape index (κ1) is 18.6. The highest BCUT2D eigenvalue weighted by Crippen LogP contribution is 2.12. The molecule has 1 fully saturated rings. The molecule has 1 amide bonds. The quantitative estimate of drug-likeness (QED) is 0.793. The minimum Gasteiger partial charge on any atom is -0.352 e. The summed E-state index contributed by atoms with van der Waals surface area (Å²) in [7, 11) is 0. The molecule has 5 nitrogen and oxygen atoms in total. The number of nitrogens with zero attached hydrogens (tertiary/aromatic N) is 3. The van der Waals surface area contributed by atoms with Crippen LogP contribution in [0.1, 0.15) is 36.9 Å². The molecule has 1 atom stereocenters. The molecule has 1 aliphatic heterocycles. The number of aromatic nitrogens is 2. The standard InChI is InChI=1S/C21H30N4O/c1-18-11-15-25(23-18)16-12-21(26)22-20-10-6-14-24(17-20)13-5-9-19-7-3-2-4-8-19/h2-4,7-8,11,15,20H,5-6,9-10,12-14,16-17H2,1H3,(H,22,26)/t20-/m1/s1. The molecule has 1 aromatic heterocycles. The molecule has 0 unspecified atom stereocenters. The van der Waals surface area contributed by atoms with Gasteiger partial charge in [0.25, 0.3) is 0 Å². The van der Waals surface area contributed by atoms with Crippen LogP contribution in [0.15, 0.2) is 42.6 Å². The maximum atomic E-state index is 12.2. The Labute approximate surface area is 156 Å². The summed E-state index contributed by atoms with van der Waals surface area (Å²) in [6, 6.07) is 12.9. The number of carbonyl (C=O) groups excluding carboxylic acids is 1. The van der Waals surface area contributed by atoms with E-state index in [4.69, 9.17) is 0 Å². The Morgan fingerprint density at radius 3 is 2.85 bits per heavy atom. The Bertz CT molecular complexity index is 682. The molecule has 0 spiro atoms.